The van der Waals surface area contributed by atoms with Crippen molar-refractivity contribution in [1.82, 2.24) is 0 Å². The Labute approximate surface area is 100 Å². The molecule has 3 heteroatoms. The van der Waals surface area contributed by atoms with E-state index in [1.807, 2.05) is 18.2 Å². The maximum Gasteiger partial charge on any atom is 0.307 e. The number of hydrogen-bond donors (Lipinski definition) is 1. The van der Waals surface area contributed by atoms with Crippen molar-refractivity contribution < 1.29 is 9.90 Å². The molecule has 1 N–H and O–H groups in total. The lowest BCUT2D eigenvalue weighted by Gasteiger charge is -2.28. The van der Waals surface area contributed by atoms with Gasteiger partial charge in [0.25, 0.3) is 0 Å². The number of carbonyl (C=O) groups is 1. The van der Waals surface area contributed by atoms with Crippen molar-refractivity contribution in [2.24, 2.45) is 11.8 Å². The van der Waals surface area contributed by atoms with E-state index in [9.17, 15) is 9.90 Å². The summed E-state index contributed by atoms with van der Waals surface area (Å²) >= 11 is 1.76. The molecule has 1 saturated heterocycles. The van der Waals surface area contributed by atoms with Gasteiger partial charge in [-0.15, -0.1) is 0 Å². The highest BCUT2D eigenvalue weighted by Gasteiger charge is 2.30. The van der Waals surface area contributed by atoms with E-state index in [0.717, 1.165) is 24.3 Å². The molecule has 0 spiro atoms. The molecule has 2 atom stereocenters. The van der Waals surface area contributed by atoms with Crippen LogP contribution in [0.25, 0.3) is 0 Å². The summed E-state index contributed by atoms with van der Waals surface area (Å²) in [6.07, 6.45) is 1.93. The summed E-state index contributed by atoms with van der Waals surface area (Å²) in [5, 5.41) is 9.17. The largest absolute Gasteiger partial charge is 0.481 e. The molecule has 0 saturated carbocycles. The van der Waals surface area contributed by atoms with Gasteiger partial charge in [-0.1, -0.05) is 30.3 Å². The first kappa shape index (κ1) is 11.5. The molecule has 1 heterocycles. The fourth-order valence-electron chi connectivity index (χ4n) is 2.22. The van der Waals surface area contributed by atoms with Crippen LogP contribution in [0.3, 0.4) is 0 Å². The van der Waals surface area contributed by atoms with Gasteiger partial charge in [-0.3, -0.25) is 4.79 Å². The monoisotopic (exact) mass is 236 g/mol. The van der Waals surface area contributed by atoms with Gasteiger partial charge < -0.3 is 5.11 Å². The van der Waals surface area contributed by atoms with Gasteiger partial charge in [-0.25, -0.2) is 0 Å². The Hall–Kier alpha value is -0.960. The minimum absolute atomic E-state index is 0.168. The number of thioether (sulfide) groups is 1. The van der Waals surface area contributed by atoms with Crippen LogP contribution in [0.2, 0.25) is 0 Å². The highest BCUT2D eigenvalue weighted by molar-refractivity contribution is 7.99. The van der Waals surface area contributed by atoms with Gasteiger partial charge in [0, 0.05) is 5.75 Å². The average Bonchev–Trinajstić information content (AvgIpc) is 2.31. The molecule has 1 aromatic carbocycles. The third-order valence-corrected chi connectivity index (χ3v) is 4.28. The van der Waals surface area contributed by atoms with Crippen LogP contribution in [0.15, 0.2) is 30.3 Å². The summed E-state index contributed by atoms with van der Waals surface area (Å²) in [7, 11) is 0. The Balaban J connectivity index is 2.04. The zero-order chi connectivity index (χ0) is 11.4. The van der Waals surface area contributed by atoms with Crippen molar-refractivity contribution >= 4 is 17.7 Å². The van der Waals surface area contributed by atoms with Crippen molar-refractivity contribution in [3.63, 3.8) is 0 Å². The predicted octanol–water partition coefficient (Wildman–Crippen LogP) is 2.68. The summed E-state index contributed by atoms with van der Waals surface area (Å²) in [6, 6.07) is 10.2. The van der Waals surface area contributed by atoms with Gasteiger partial charge in [0.05, 0.1) is 5.92 Å². The van der Waals surface area contributed by atoms with E-state index in [0.29, 0.717) is 5.92 Å². The SMILES string of the molecule is O=C(O)C1CSCCC1Cc1ccccc1. The van der Waals surface area contributed by atoms with Crippen LogP contribution in [0.1, 0.15) is 12.0 Å². The molecule has 1 aliphatic rings. The third kappa shape index (κ3) is 2.79. The van der Waals surface area contributed by atoms with E-state index in [4.69, 9.17) is 0 Å². The Morgan fingerprint density at radius 2 is 2.12 bits per heavy atom. The second-order valence-electron chi connectivity index (χ2n) is 4.26. The molecule has 0 aromatic heterocycles. The normalized spacial score (nSPS) is 25.2. The van der Waals surface area contributed by atoms with Crippen LogP contribution >= 0.6 is 11.8 Å². The molecule has 1 fully saturated rings. The third-order valence-electron chi connectivity index (χ3n) is 3.16. The number of aliphatic carboxylic acids is 1. The second kappa shape index (κ2) is 5.39. The van der Waals surface area contributed by atoms with Gasteiger partial charge in [0.2, 0.25) is 0 Å². The summed E-state index contributed by atoms with van der Waals surface area (Å²) in [4.78, 5) is 11.1. The molecule has 86 valence electrons. The molecule has 2 nitrogen and oxygen atoms in total. The van der Waals surface area contributed by atoms with Crippen LogP contribution < -0.4 is 0 Å². The number of carboxylic acid groups (broad SMARTS) is 1. The highest BCUT2D eigenvalue weighted by Crippen LogP contribution is 2.31. The molecule has 0 aliphatic carbocycles. The lowest BCUT2D eigenvalue weighted by atomic mass is 9.85. The van der Waals surface area contributed by atoms with E-state index in [2.05, 4.69) is 12.1 Å². The number of carboxylic acids is 1. The van der Waals surface area contributed by atoms with E-state index >= 15 is 0 Å². The van der Waals surface area contributed by atoms with Crippen LogP contribution in [0, 0.1) is 11.8 Å². The molecule has 0 radical (unpaired) electrons. The second-order valence-corrected chi connectivity index (χ2v) is 5.41. The summed E-state index contributed by atoms with van der Waals surface area (Å²) in [6.45, 7) is 0. The first-order valence-electron chi connectivity index (χ1n) is 5.62. The molecule has 0 bridgehead atoms. The van der Waals surface area contributed by atoms with E-state index in [1.165, 1.54) is 5.56 Å². The summed E-state index contributed by atoms with van der Waals surface area (Å²) < 4.78 is 0. The Morgan fingerprint density at radius 3 is 2.81 bits per heavy atom. The quantitative estimate of drug-likeness (QED) is 0.876. The minimum atomic E-state index is -0.631. The lowest BCUT2D eigenvalue weighted by molar-refractivity contribution is -0.142. The molecule has 0 amide bonds. The molecule has 1 aliphatic heterocycles. The molecular formula is C13H16O2S. The first-order valence-corrected chi connectivity index (χ1v) is 6.77. The van der Waals surface area contributed by atoms with Crippen molar-refractivity contribution in [2.45, 2.75) is 12.8 Å². The van der Waals surface area contributed by atoms with Crippen molar-refractivity contribution in [3.05, 3.63) is 35.9 Å². The van der Waals surface area contributed by atoms with Crippen LogP contribution in [0.5, 0.6) is 0 Å². The van der Waals surface area contributed by atoms with Gasteiger partial charge in [0.1, 0.15) is 0 Å². The zero-order valence-electron chi connectivity index (χ0n) is 9.13. The van der Waals surface area contributed by atoms with Gasteiger partial charge >= 0.3 is 5.97 Å². The van der Waals surface area contributed by atoms with Crippen molar-refractivity contribution in [3.8, 4) is 0 Å². The van der Waals surface area contributed by atoms with E-state index in [-0.39, 0.29) is 5.92 Å². The maximum atomic E-state index is 11.1. The predicted molar refractivity (Wildman–Crippen MR) is 66.7 cm³/mol. The molecular weight excluding hydrogens is 220 g/mol. The smallest absolute Gasteiger partial charge is 0.307 e. The molecule has 2 rings (SSSR count). The van der Waals surface area contributed by atoms with Gasteiger partial charge in [0.15, 0.2) is 0 Å². The number of rotatable bonds is 3. The number of benzene rings is 1. The Kier molecular flexibility index (Phi) is 3.88. The fraction of sp³-hybridized carbons (Fsp3) is 0.462. The van der Waals surface area contributed by atoms with Gasteiger partial charge in [-0.2, -0.15) is 11.8 Å². The average molecular weight is 236 g/mol. The maximum absolute atomic E-state index is 11.1. The molecule has 16 heavy (non-hydrogen) atoms. The summed E-state index contributed by atoms with van der Waals surface area (Å²) in [5.74, 6) is 1.38. The van der Waals surface area contributed by atoms with E-state index in [1.54, 1.807) is 11.8 Å². The standard InChI is InChI=1S/C13H16O2S/c14-13(15)12-9-16-7-6-11(12)8-10-4-2-1-3-5-10/h1-5,11-12H,6-9H2,(H,14,15). The van der Waals surface area contributed by atoms with Crippen molar-refractivity contribution in [1.29, 1.82) is 0 Å². The zero-order valence-corrected chi connectivity index (χ0v) is 9.95. The molecule has 1 aromatic rings. The Bertz CT molecular complexity index is 350. The molecule has 2 unspecified atom stereocenters. The summed E-state index contributed by atoms with van der Waals surface area (Å²) in [5.41, 5.74) is 1.26. The Morgan fingerprint density at radius 1 is 1.38 bits per heavy atom. The lowest BCUT2D eigenvalue weighted by Crippen LogP contribution is -2.31. The fourth-order valence-corrected chi connectivity index (χ4v) is 3.52. The first-order chi connectivity index (χ1) is 7.77. The van der Waals surface area contributed by atoms with Crippen LogP contribution in [0.4, 0.5) is 0 Å². The van der Waals surface area contributed by atoms with Gasteiger partial charge in [-0.05, 0) is 30.1 Å². The topological polar surface area (TPSA) is 37.3 Å². The number of hydrogen-bond acceptors (Lipinski definition) is 2. The van der Waals surface area contributed by atoms with Crippen LogP contribution in [-0.2, 0) is 11.2 Å². The van der Waals surface area contributed by atoms with Crippen molar-refractivity contribution in [2.75, 3.05) is 11.5 Å². The highest BCUT2D eigenvalue weighted by atomic mass is 32.2. The van der Waals surface area contributed by atoms with Crippen LogP contribution in [-0.4, -0.2) is 22.6 Å². The van der Waals surface area contributed by atoms with E-state index < -0.39 is 5.97 Å². The minimum Gasteiger partial charge on any atom is -0.481 e.